The second-order valence-electron chi connectivity index (χ2n) is 5.42. The number of rotatable bonds is 6. The normalized spacial score (nSPS) is 25.5. The summed E-state index contributed by atoms with van der Waals surface area (Å²) in [6.45, 7) is -0.904. The number of aliphatic hydroxyl groups excluding tert-OH is 2. The molecule has 0 saturated carbocycles. The van der Waals surface area contributed by atoms with Crippen LogP contribution in [0.1, 0.15) is 6.23 Å². The first-order valence-electron chi connectivity index (χ1n) is 7.14. The standard InChI is InChI=1S/C10H15N5O10P2.2Na.3H2O/c11-8-5-9(13-2-12-8)15(3-14-5)10-7(17)6(16)4(24-10)1-23-27(21,22)25-26(18,19)20;;;;;/h2-4,6-7,10,16-17H,1H2,(H,21,22)(H2,11,12,13)(H2,18,19,20);;;3*1H2/q;2*+1;;;/p-2/t4-,6-,7-,10-;;;;;/m1...../s1. The van der Waals surface area contributed by atoms with E-state index in [1.54, 1.807) is 0 Å². The number of hydrogen-bond donors (Lipinski definition) is 4. The van der Waals surface area contributed by atoms with Crippen LogP contribution in [0.5, 0.6) is 0 Å². The number of nitrogens with two attached hydrogens (primary N) is 1. The molecular weight excluding hydrogens is 506 g/mol. The number of aromatic nitrogens is 4. The molecule has 22 heteroatoms. The van der Waals surface area contributed by atoms with Crippen LogP contribution in [0, 0.1) is 0 Å². The van der Waals surface area contributed by atoms with Crippen molar-refractivity contribution in [2.45, 2.75) is 24.5 Å². The Morgan fingerprint density at radius 1 is 1.12 bits per heavy atom. The molecule has 6 atom stereocenters. The van der Waals surface area contributed by atoms with Gasteiger partial charge in [-0.3, -0.25) is 13.7 Å². The van der Waals surface area contributed by atoms with Crippen LogP contribution in [0.15, 0.2) is 12.7 Å². The number of aliphatic hydroxyl groups is 2. The Bertz CT molecular complexity index is 947. The summed E-state index contributed by atoms with van der Waals surface area (Å²) >= 11 is 0. The third kappa shape index (κ3) is 8.54. The number of anilines is 1. The van der Waals surface area contributed by atoms with E-state index in [0.29, 0.717) is 0 Å². The monoisotopic (exact) mass is 525 g/mol. The first-order valence-corrected chi connectivity index (χ1v) is 10.1. The average molecular weight is 525 g/mol. The zero-order valence-corrected chi connectivity index (χ0v) is 22.4. The van der Waals surface area contributed by atoms with E-state index in [9.17, 15) is 29.1 Å². The van der Waals surface area contributed by atoms with Gasteiger partial charge in [0.2, 0.25) is 0 Å². The Morgan fingerprint density at radius 2 is 1.72 bits per heavy atom. The Kier molecular flexibility index (Phi) is 16.2. The molecule has 3 heterocycles. The molecule has 18 nitrogen and oxygen atoms in total. The average Bonchev–Trinajstić information content (AvgIpc) is 3.07. The molecule has 0 aliphatic carbocycles. The van der Waals surface area contributed by atoms with Gasteiger partial charge in [-0.25, -0.2) is 19.3 Å². The summed E-state index contributed by atoms with van der Waals surface area (Å²) in [7, 11) is -11.0. The number of ether oxygens (including phenoxy) is 1. The van der Waals surface area contributed by atoms with Crippen molar-refractivity contribution >= 4 is 32.6 Å². The number of phosphoric acid groups is 2. The van der Waals surface area contributed by atoms with Crippen molar-refractivity contribution in [3.63, 3.8) is 0 Å². The van der Waals surface area contributed by atoms with Gasteiger partial charge in [-0.05, 0) is 0 Å². The van der Waals surface area contributed by atoms with E-state index in [4.69, 9.17) is 15.4 Å². The van der Waals surface area contributed by atoms with E-state index in [0.717, 1.165) is 6.33 Å². The Balaban J connectivity index is -0.00000168. The molecule has 0 spiro atoms. The van der Waals surface area contributed by atoms with Gasteiger partial charge >= 0.3 is 59.1 Å². The molecule has 0 bridgehead atoms. The number of hydrogen-bond acceptors (Lipinski definition) is 13. The Morgan fingerprint density at radius 3 is 2.28 bits per heavy atom. The van der Waals surface area contributed by atoms with Crippen LogP contribution in [-0.4, -0.2) is 76.0 Å². The molecule has 0 radical (unpaired) electrons. The minimum atomic E-state index is -5.60. The second kappa shape index (κ2) is 14.1. The summed E-state index contributed by atoms with van der Waals surface area (Å²) in [5.41, 5.74) is 6.06. The van der Waals surface area contributed by atoms with Crippen LogP contribution in [0.25, 0.3) is 11.2 Å². The van der Waals surface area contributed by atoms with Crippen LogP contribution in [0.4, 0.5) is 5.82 Å². The fourth-order valence-electron chi connectivity index (χ4n) is 2.47. The van der Waals surface area contributed by atoms with E-state index in [2.05, 4.69) is 23.8 Å². The van der Waals surface area contributed by atoms with Gasteiger partial charge in [0, 0.05) is 0 Å². The largest absolute Gasteiger partial charge is 1.00 e. The van der Waals surface area contributed by atoms with Crippen LogP contribution in [0.2, 0.25) is 0 Å². The van der Waals surface area contributed by atoms with E-state index >= 15 is 0 Å². The third-order valence-electron chi connectivity index (χ3n) is 3.60. The third-order valence-corrected chi connectivity index (χ3v) is 5.69. The molecule has 11 N–H and O–H groups in total. The fourth-order valence-corrected chi connectivity index (χ4v) is 4.00. The van der Waals surface area contributed by atoms with Crippen LogP contribution in [0.3, 0.4) is 0 Å². The quantitative estimate of drug-likeness (QED) is 0.201. The smallest absolute Gasteiger partial charge is 0.756 e. The van der Waals surface area contributed by atoms with E-state index in [1.165, 1.54) is 10.9 Å². The molecule has 3 rings (SSSR count). The predicted octanol–water partition coefficient (Wildman–Crippen LogP) is -11.5. The molecule has 1 aliphatic rings. The van der Waals surface area contributed by atoms with Crippen LogP contribution in [-0.2, 0) is 22.7 Å². The minimum Gasteiger partial charge on any atom is -0.756 e. The number of nitrogens with zero attached hydrogens (tertiary/aromatic N) is 4. The molecular formula is C10H19N5Na2O13P2. The topological polar surface area (TPSA) is 333 Å². The molecule has 2 unspecified atom stereocenters. The molecule has 2 aromatic rings. The molecule has 1 saturated heterocycles. The van der Waals surface area contributed by atoms with Crippen molar-refractivity contribution in [3.05, 3.63) is 12.7 Å². The SMILES string of the molecule is Nc1ncnc2c1ncn2[C@@H]1O[C@H](COP(=O)([O-])OP(=O)([O-])O)[C@@H](O)[C@H]1O.O.O.O.[Na+].[Na+]. The van der Waals surface area contributed by atoms with Gasteiger partial charge in [-0.2, -0.15) is 0 Å². The van der Waals surface area contributed by atoms with Gasteiger partial charge in [0.15, 0.2) is 17.7 Å². The van der Waals surface area contributed by atoms with Crippen molar-refractivity contribution in [2.75, 3.05) is 12.3 Å². The number of nitrogen functional groups attached to an aromatic ring is 1. The first-order chi connectivity index (χ1) is 12.5. The molecule has 1 fully saturated rings. The van der Waals surface area contributed by atoms with Crippen LogP contribution >= 0.6 is 15.6 Å². The second-order valence-corrected chi connectivity index (χ2v) is 8.17. The summed E-state index contributed by atoms with van der Waals surface area (Å²) in [6.07, 6.45) is -3.40. The van der Waals surface area contributed by atoms with Crippen molar-refractivity contribution in [1.29, 1.82) is 0 Å². The van der Waals surface area contributed by atoms with Gasteiger partial charge in [0.05, 0.1) is 12.9 Å². The number of fused-ring (bicyclic) bond motifs is 1. The first kappa shape index (κ1) is 36.9. The van der Waals surface area contributed by atoms with E-state index < -0.39 is 46.8 Å². The maximum Gasteiger partial charge on any atom is 1.00 e. The zero-order valence-electron chi connectivity index (χ0n) is 16.6. The minimum absolute atomic E-state index is 0. The fraction of sp³-hybridized carbons (Fsp3) is 0.500. The van der Waals surface area contributed by atoms with Crippen molar-refractivity contribution in [1.82, 2.24) is 19.5 Å². The van der Waals surface area contributed by atoms with Gasteiger partial charge in [-0.1, -0.05) is 0 Å². The van der Waals surface area contributed by atoms with Crippen molar-refractivity contribution in [3.8, 4) is 0 Å². The van der Waals surface area contributed by atoms with Crippen molar-refractivity contribution < 1.29 is 123 Å². The summed E-state index contributed by atoms with van der Waals surface area (Å²) in [6, 6.07) is 0. The molecule has 0 amide bonds. The van der Waals surface area contributed by atoms with Gasteiger partial charge in [0.1, 0.15) is 30.2 Å². The molecule has 174 valence electrons. The molecule has 0 aromatic carbocycles. The molecule has 32 heavy (non-hydrogen) atoms. The van der Waals surface area contributed by atoms with Crippen LogP contribution < -0.4 is 74.6 Å². The Labute approximate surface area is 223 Å². The maximum absolute atomic E-state index is 11.3. The summed E-state index contributed by atoms with van der Waals surface area (Å²) < 4.78 is 36.1. The van der Waals surface area contributed by atoms with Gasteiger partial charge in [0.25, 0.3) is 15.6 Å². The van der Waals surface area contributed by atoms with E-state index in [-0.39, 0.29) is 92.5 Å². The Hall–Kier alpha value is 0.370. The molecule has 2 aromatic heterocycles. The summed E-state index contributed by atoms with van der Waals surface area (Å²) in [5.74, 6) is 0.0714. The van der Waals surface area contributed by atoms with Gasteiger partial charge in [-0.15, -0.1) is 0 Å². The van der Waals surface area contributed by atoms with Crippen molar-refractivity contribution in [2.24, 2.45) is 0 Å². The molecule has 1 aliphatic heterocycles. The maximum atomic E-state index is 11.3. The summed E-state index contributed by atoms with van der Waals surface area (Å²) in [5, 5.41) is 20.2. The number of phosphoric ester groups is 1. The summed E-state index contributed by atoms with van der Waals surface area (Å²) in [4.78, 5) is 41.9. The number of imidazole rings is 1. The van der Waals surface area contributed by atoms with E-state index in [1.807, 2.05) is 0 Å². The zero-order chi connectivity index (χ0) is 20.0. The van der Waals surface area contributed by atoms with Gasteiger partial charge < -0.3 is 56.3 Å². The predicted molar refractivity (Wildman–Crippen MR) is 91.0 cm³/mol.